The fourth-order valence-electron chi connectivity index (χ4n) is 2.75. The molecule has 7 nitrogen and oxygen atoms in total. The van der Waals surface area contributed by atoms with Gasteiger partial charge in [-0.15, -0.1) is 0 Å². The van der Waals surface area contributed by atoms with Gasteiger partial charge in [0, 0.05) is 26.0 Å². The van der Waals surface area contributed by atoms with Crippen molar-refractivity contribution >= 4 is 17.8 Å². The summed E-state index contributed by atoms with van der Waals surface area (Å²) in [6, 6.07) is 0. The van der Waals surface area contributed by atoms with Crippen LogP contribution in [0.5, 0.6) is 0 Å². The predicted octanol–water partition coefficient (Wildman–Crippen LogP) is 0.139. The van der Waals surface area contributed by atoms with Crippen LogP contribution >= 0.6 is 0 Å². The van der Waals surface area contributed by atoms with E-state index < -0.39 is 17.4 Å². The zero-order valence-electron chi connectivity index (χ0n) is 12.1. The lowest BCUT2D eigenvalue weighted by molar-refractivity contribution is -0.148. The van der Waals surface area contributed by atoms with Crippen molar-refractivity contribution in [1.29, 1.82) is 0 Å². The maximum absolute atomic E-state index is 12.1. The molecule has 0 radical (unpaired) electrons. The molecule has 2 saturated heterocycles. The van der Waals surface area contributed by atoms with Gasteiger partial charge in [0.1, 0.15) is 0 Å². The molecule has 2 aliphatic heterocycles. The summed E-state index contributed by atoms with van der Waals surface area (Å²) in [5.41, 5.74) is -1.34. The lowest BCUT2D eigenvalue weighted by Crippen LogP contribution is -2.57. The number of carbonyl (C=O) groups excluding carboxylic acids is 2. The third-order valence-electron chi connectivity index (χ3n) is 4.07. The number of amides is 2. The van der Waals surface area contributed by atoms with Crippen molar-refractivity contribution < 1.29 is 24.2 Å². The number of nitrogens with one attached hydrogen (secondary N) is 1. The number of carboxylic acids is 1. The van der Waals surface area contributed by atoms with E-state index in [0.717, 1.165) is 25.7 Å². The van der Waals surface area contributed by atoms with Crippen molar-refractivity contribution in [2.24, 2.45) is 0 Å². The SMILES string of the molecule is O=C(CN1CCCCCCC1=O)NC1(C(=O)O)CCOC1. The second kappa shape index (κ2) is 6.89. The summed E-state index contributed by atoms with van der Waals surface area (Å²) in [6.45, 7) is 0.772. The van der Waals surface area contributed by atoms with E-state index in [4.69, 9.17) is 4.74 Å². The first-order valence-electron chi connectivity index (χ1n) is 7.43. The van der Waals surface area contributed by atoms with Crippen molar-refractivity contribution in [2.75, 3.05) is 26.3 Å². The van der Waals surface area contributed by atoms with Gasteiger partial charge in [-0.05, 0) is 12.8 Å². The van der Waals surface area contributed by atoms with E-state index >= 15 is 0 Å². The number of hydrogen-bond donors (Lipinski definition) is 2. The number of aliphatic carboxylic acids is 1. The van der Waals surface area contributed by atoms with Crippen molar-refractivity contribution in [3.05, 3.63) is 0 Å². The maximum atomic E-state index is 12.1. The Hall–Kier alpha value is -1.63. The topological polar surface area (TPSA) is 95.9 Å². The molecule has 2 amide bonds. The highest BCUT2D eigenvalue weighted by Gasteiger charge is 2.44. The first-order chi connectivity index (χ1) is 10.0. The number of ether oxygens (including phenoxy) is 1. The quantitative estimate of drug-likeness (QED) is 0.769. The molecule has 1 atom stereocenters. The molecule has 0 spiro atoms. The summed E-state index contributed by atoms with van der Waals surface area (Å²) in [5.74, 6) is -1.55. The Kier molecular flexibility index (Phi) is 5.17. The number of nitrogens with zero attached hydrogens (tertiary/aromatic N) is 1. The van der Waals surface area contributed by atoms with Crippen LogP contribution < -0.4 is 5.32 Å². The van der Waals surface area contributed by atoms with Crippen molar-refractivity contribution in [3.63, 3.8) is 0 Å². The average Bonchev–Trinajstić information content (AvgIpc) is 2.88. The van der Waals surface area contributed by atoms with Gasteiger partial charge in [-0.25, -0.2) is 4.79 Å². The van der Waals surface area contributed by atoms with E-state index in [1.165, 1.54) is 4.90 Å². The van der Waals surface area contributed by atoms with Gasteiger partial charge in [0.2, 0.25) is 11.8 Å². The van der Waals surface area contributed by atoms with Crippen LogP contribution in [-0.4, -0.2) is 59.6 Å². The second-order valence-corrected chi connectivity index (χ2v) is 5.72. The monoisotopic (exact) mass is 298 g/mol. The molecule has 2 fully saturated rings. The molecule has 0 aromatic carbocycles. The first-order valence-corrected chi connectivity index (χ1v) is 7.43. The average molecular weight is 298 g/mol. The Morgan fingerprint density at radius 2 is 2.05 bits per heavy atom. The van der Waals surface area contributed by atoms with Crippen LogP contribution in [0.1, 0.15) is 38.5 Å². The standard InChI is InChI=1S/C14H22N2O5/c17-11(15-14(13(19)20)6-8-21-10-14)9-16-7-4-2-1-3-5-12(16)18/h1-10H2,(H,15,17)(H,19,20). The number of hydrogen-bond acceptors (Lipinski definition) is 4. The minimum atomic E-state index is -1.34. The number of carbonyl (C=O) groups is 3. The molecule has 7 heteroatoms. The van der Waals surface area contributed by atoms with Gasteiger partial charge in [0.15, 0.2) is 5.54 Å². The number of carboxylic acid groups (broad SMARTS) is 1. The van der Waals surface area contributed by atoms with Gasteiger partial charge in [-0.3, -0.25) is 9.59 Å². The Bertz CT molecular complexity index is 418. The molecule has 2 N–H and O–H groups in total. The van der Waals surface area contributed by atoms with Gasteiger partial charge < -0.3 is 20.1 Å². The van der Waals surface area contributed by atoms with E-state index in [9.17, 15) is 19.5 Å². The lowest BCUT2D eigenvalue weighted by atomic mass is 9.99. The molecule has 0 saturated carbocycles. The molecule has 2 rings (SSSR count). The van der Waals surface area contributed by atoms with E-state index in [-0.39, 0.29) is 25.5 Å². The normalized spacial score (nSPS) is 27.0. The van der Waals surface area contributed by atoms with E-state index in [1.807, 2.05) is 0 Å². The lowest BCUT2D eigenvalue weighted by Gasteiger charge is -2.28. The van der Waals surface area contributed by atoms with Crippen LogP contribution in [0.3, 0.4) is 0 Å². The molecule has 0 aromatic rings. The van der Waals surface area contributed by atoms with Gasteiger partial charge >= 0.3 is 5.97 Å². The fraction of sp³-hybridized carbons (Fsp3) is 0.786. The molecule has 118 valence electrons. The molecule has 0 aromatic heterocycles. The molecule has 2 heterocycles. The summed E-state index contributed by atoms with van der Waals surface area (Å²) in [5, 5.41) is 11.8. The van der Waals surface area contributed by atoms with Gasteiger partial charge in [-0.2, -0.15) is 0 Å². The Morgan fingerprint density at radius 1 is 1.29 bits per heavy atom. The van der Waals surface area contributed by atoms with E-state index in [2.05, 4.69) is 5.32 Å². The van der Waals surface area contributed by atoms with E-state index in [1.54, 1.807) is 0 Å². The van der Waals surface area contributed by atoms with Crippen LogP contribution in [0.4, 0.5) is 0 Å². The minimum absolute atomic E-state index is 0.0258. The molecule has 2 aliphatic rings. The van der Waals surface area contributed by atoms with Gasteiger partial charge in [-0.1, -0.05) is 12.8 Å². The molecule has 21 heavy (non-hydrogen) atoms. The van der Waals surface area contributed by atoms with Crippen LogP contribution in [0, 0.1) is 0 Å². The third-order valence-corrected chi connectivity index (χ3v) is 4.07. The summed E-state index contributed by atoms with van der Waals surface area (Å²) in [7, 11) is 0. The summed E-state index contributed by atoms with van der Waals surface area (Å²) < 4.78 is 5.09. The van der Waals surface area contributed by atoms with E-state index in [0.29, 0.717) is 19.6 Å². The highest BCUT2D eigenvalue weighted by molar-refractivity contribution is 5.90. The highest BCUT2D eigenvalue weighted by atomic mass is 16.5. The van der Waals surface area contributed by atoms with Gasteiger partial charge in [0.05, 0.1) is 13.2 Å². The van der Waals surface area contributed by atoms with Gasteiger partial charge in [0.25, 0.3) is 0 Å². The van der Waals surface area contributed by atoms with Crippen LogP contribution in [0.2, 0.25) is 0 Å². The molecule has 0 bridgehead atoms. The summed E-state index contributed by atoms with van der Waals surface area (Å²) in [4.78, 5) is 36.9. The van der Waals surface area contributed by atoms with Crippen LogP contribution in [-0.2, 0) is 19.1 Å². The highest BCUT2D eigenvalue weighted by Crippen LogP contribution is 2.19. The van der Waals surface area contributed by atoms with Crippen LogP contribution in [0.15, 0.2) is 0 Å². The minimum Gasteiger partial charge on any atom is -0.479 e. The predicted molar refractivity (Wildman–Crippen MR) is 73.6 cm³/mol. The smallest absolute Gasteiger partial charge is 0.331 e. The Morgan fingerprint density at radius 3 is 2.71 bits per heavy atom. The largest absolute Gasteiger partial charge is 0.479 e. The number of rotatable bonds is 4. The Balaban J connectivity index is 1.93. The summed E-state index contributed by atoms with van der Waals surface area (Å²) >= 11 is 0. The number of likely N-dealkylation sites (tertiary alicyclic amines) is 1. The maximum Gasteiger partial charge on any atom is 0.331 e. The summed E-state index contributed by atoms with van der Waals surface area (Å²) in [6.07, 6.45) is 4.54. The fourth-order valence-corrected chi connectivity index (χ4v) is 2.75. The molecule has 1 unspecified atom stereocenters. The molecular formula is C14H22N2O5. The van der Waals surface area contributed by atoms with Crippen molar-refractivity contribution in [1.82, 2.24) is 10.2 Å². The van der Waals surface area contributed by atoms with Crippen LogP contribution in [0.25, 0.3) is 0 Å². The van der Waals surface area contributed by atoms with Crippen molar-refractivity contribution in [3.8, 4) is 0 Å². The first kappa shape index (κ1) is 15.8. The third kappa shape index (κ3) is 3.93. The Labute approximate surface area is 123 Å². The van der Waals surface area contributed by atoms with Crippen molar-refractivity contribution in [2.45, 2.75) is 44.1 Å². The molecule has 0 aliphatic carbocycles. The zero-order valence-corrected chi connectivity index (χ0v) is 12.1. The zero-order chi connectivity index (χ0) is 15.3. The molecular weight excluding hydrogens is 276 g/mol. The second-order valence-electron chi connectivity index (χ2n) is 5.72.